The lowest BCUT2D eigenvalue weighted by atomic mass is 9.67. The number of hydrogen-bond donors (Lipinski definition) is 1. The molecule has 0 aromatic carbocycles. The first-order valence-corrected chi connectivity index (χ1v) is 5.44. The Morgan fingerprint density at radius 2 is 2.07 bits per heavy atom. The van der Waals surface area contributed by atoms with Crippen LogP contribution in [0.5, 0.6) is 0 Å². The van der Waals surface area contributed by atoms with Crippen molar-refractivity contribution in [2.45, 2.75) is 38.5 Å². The summed E-state index contributed by atoms with van der Waals surface area (Å²) in [4.78, 5) is 22.4. The van der Waals surface area contributed by atoms with Crippen LogP contribution < -0.4 is 0 Å². The maximum atomic E-state index is 11.6. The fourth-order valence-corrected chi connectivity index (χ4v) is 2.96. The predicted octanol–water partition coefficient (Wildman–Crippen LogP) is 1.86. The summed E-state index contributed by atoms with van der Waals surface area (Å²) in [6.07, 6.45) is 4.97. The van der Waals surface area contributed by atoms with Crippen molar-refractivity contribution in [2.24, 2.45) is 17.8 Å². The summed E-state index contributed by atoms with van der Waals surface area (Å²) in [5, 5.41) is 8.91. The zero-order chi connectivity index (χ0) is 10.1. The Labute approximate surface area is 83.5 Å². The molecule has 0 aromatic heterocycles. The molecule has 0 bridgehead atoms. The fourth-order valence-electron chi connectivity index (χ4n) is 2.96. The number of hydrogen-bond acceptors (Lipinski definition) is 2. The summed E-state index contributed by atoms with van der Waals surface area (Å²) in [6, 6.07) is 0. The van der Waals surface area contributed by atoms with Crippen molar-refractivity contribution >= 4 is 11.8 Å². The van der Waals surface area contributed by atoms with Crippen LogP contribution in [0.15, 0.2) is 0 Å². The van der Waals surface area contributed by atoms with Gasteiger partial charge in [0.1, 0.15) is 5.78 Å². The van der Waals surface area contributed by atoms with Crippen LogP contribution >= 0.6 is 0 Å². The van der Waals surface area contributed by atoms with E-state index in [1.54, 1.807) is 0 Å². The number of carboxylic acids is 1. The molecule has 2 rings (SSSR count). The normalized spacial score (nSPS) is 37.7. The van der Waals surface area contributed by atoms with E-state index in [4.69, 9.17) is 5.11 Å². The SMILES string of the molecule is O=C(O)C1CCC2C(=O)CCCC2C1. The molecule has 3 unspecified atom stereocenters. The molecule has 0 amide bonds. The molecule has 3 nitrogen and oxygen atoms in total. The van der Waals surface area contributed by atoms with Gasteiger partial charge >= 0.3 is 5.97 Å². The van der Waals surface area contributed by atoms with Crippen LogP contribution in [0.2, 0.25) is 0 Å². The van der Waals surface area contributed by atoms with E-state index in [2.05, 4.69) is 0 Å². The lowest BCUT2D eigenvalue weighted by molar-refractivity contribution is -0.146. The van der Waals surface area contributed by atoms with E-state index in [0.717, 1.165) is 32.1 Å². The smallest absolute Gasteiger partial charge is 0.306 e. The van der Waals surface area contributed by atoms with Gasteiger partial charge in [-0.3, -0.25) is 9.59 Å². The van der Waals surface area contributed by atoms with Gasteiger partial charge in [0.05, 0.1) is 5.92 Å². The first-order valence-electron chi connectivity index (χ1n) is 5.44. The third-order valence-corrected chi connectivity index (χ3v) is 3.74. The van der Waals surface area contributed by atoms with Crippen LogP contribution in [0.1, 0.15) is 38.5 Å². The molecule has 2 fully saturated rings. The highest BCUT2D eigenvalue weighted by atomic mass is 16.4. The molecule has 0 heterocycles. The Hall–Kier alpha value is -0.860. The molecule has 3 atom stereocenters. The van der Waals surface area contributed by atoms with Gasteiger partial charge in [-0.05, 0) is 38.0 Å². The van der Waals surface area contributed by atoms with Crippen molar-refractivity contribution in [3.8, 4) is 0 Å². The molecular formula is C11H16O3. The molecule has 1 N–H and O–H groups in total. The largest absolute Gasteiger partial charge is 0.481 e. The molecule has 2 aliphatic carbocycles. The third-order valence-electron chi connectivity index (χ3n) is 3.74. The Bertz CT molecular complexity index is 259. The minimum atomic E-state index is -0.679. The molecule has 2 saturated carbocycles. The number of carboxylic acid groups (broad SMARTS) is 1. The highest BCUT2D eigenvalue weighted by molar-refractivity contribution is 5.82. The highest BCUT2D eigenvalue weighted by Gasteiger charge is 2.38. The van der Waals surface area contributed by atoms with Crippen LogP contribution in [0.3, 0.4) is 0 Å². The second kappa shape index (κ2) is 3.71. The number of aliphatic carboxylic acids is 1. The first-order chi connectivity index (χ1) is 6.68. The van der Waals surface area contributed by atoms with Gasteiger partial charge in [-0.1, -0.05) is 0 Å². The number of rotatable bonds is 1. The Morgan fingerprint density at radius 1 is 1.29 bits per heavy atom. The Kier molecular flexibility index (Phi) is 2.57. The van der Waals surface area contributed by atoms with E-state index in [-0.39, 0.29) is 11.8 Å². The highest BCUT2D eigenvalue weighted by Crippen LogP contribution is 2.40. The van der Waals surface area contributed by atoms with Crippen LogP contribution in [0.25, 0.3) is 0 Å². The monoisotopic (exact) mass is 196 g/mol. The van der Waals surface area contributed by atoms with Gasteiger partial charge in [0.2, 0.25) is 0 Å². The zero-order valence-corrected chi connectivity index (χ0v) is 8.24. The second-order valence-corrected chi connectivity index (χ2v) is 4.57. The molecule has 14 heavy (non-hydrogen) atoms. The summed E-state index contributed by atoms with van der Waals surface area (Å²) in [7, 11) is 0. The number of fused-ring (bicyclic) bond motifs is 1. The van der Waals surface area contributed by atoms with Crippen LogP contribution in [-0.2, 0) is 9.59 Å². The van der Waals surface area contributed by atoms with Gasteiger partial charge in [0.25, 0.3) is 0 Å². The van der Waals surface area contributed by atoms with E-state index in [1.807, 2.05) is 0 Å². The van der Waals surface area contributed by atoms with Crippen molar-refractivity contribution in [2.75, 3.05) is 0 Å². The van der Waals surface area contributed by atoms with Crippen molar-refractivity contribution in [3.63, 3.8) is 0 Å². The number of carbonyl (C=O) groups is 2. The van der Waals surface area contributed by atoms with E-state index in [9.17, 15) is 9.59 Å². The van der Waals surface area contributed by atoms with Crippen molar-refractivity contribution in [3.05, 3.63) is 0 Å². The third kappa shape index (κ3) is 1.68. The van der Waals surface area contributed by atoms with E-state index >= 15 is 0 Å². The second-order valence-electron chi connectivity index (χ2n) is 4.57. The maximum Gasteiger partial charge on any atom is 0.306 e. The van der Waals surface area contributed by atoms with Crippen molar-refractivity contribution in [1.82, 2.24) is 0 Å². The molecule has 0 saturated heterocycles. The molecule has 0 aromatic rings. The van der Waals surface area contributed by atoms with Gasteiger partial charge < -0.3 is 5.11 Å². The fraction of sp³-hybridized carbons (Fsp3) is 0.818. The zero-order valence-electron chi connectivity index (χ0n) is 8.24. The lowest BCUT2D eigenvalue weighted by Crippen LogP contribution is -2.36. The first kappa shape index (κ1) is 9.69. The number of Topliss-reactive ketones (excluding diaryl/α,β-unsaturated/α-hetero) is 1. The Morgan fingerprint density at radius 3 is 2.79 bits per heavy atom. The molecule has 0 aliphatic heterocycles. The molecule has 3 heteroatoms. The minimum Gasteiger partial charge on any atom is -0.481 e. The van der Waals surface area contributed by atoms with Crippen LogP contribution in [0.4, 0.5) is 0 Å². The van der Waals surface area contributed by atoms with E-state index < -0.39 is 5.97 Å². The summed E-state index contributed by atoms with van der Waals surface area (Å²) < 4.78 is 0. The summed E-state index contributed by atoms with van der Waals surface area (Å²) in [6.45, 7) is 0. The average Bonchev–Trinajstić information content (AvgIpc) is 2.17. The van der Waals surface area contributed by atoms with Gasteiger partial charge in [-0.2, -0.15) is 0 Å². The average molecular weight is 196 g/mol. The van der Waals surface area contributed by atoms with Gasteiger partial charge in [0, 0.05) is 12.3 Å². The van der Waals surface area contributed by atoms with Crippen LogP contribution in [0, 0.1) is 17.8 Å². The predicted molar refractivity (Wildman–Crippen MR) is 50.8 cm³/mol. The Balaban J connectivity index is 2.03. The van der Waals surface area contributed by atoms with E-state index in [1.165, 1.54) is 0 Å². The standard InChI is InChI=1S/C11H16O3/c12-10-3-1-2-7-6-8(11(13)14)4-5-9(7)10/h7-9H,1-6H2,(H,13,14). The van der Waals surface area contributed by atoms with E-state index in [0.29, 0.717) is 18.1 Å². The van der Waals surface area contributed by atoms with Crippen LogP contribution in [-0.4, -0.2) is 16.9 Å². The summed E-state index contributed by atoms with van der Waals surface area (Å²) >= 11 is 0. The van der Waals surface area contributed by atoms with Gasteiger partial charge in [0.15, 0.2) is 0 Å². The van der Waals surface area contributed by atoms with Crippen molar-refractivity contribution < 1.29 is 14.7 Å². The molecule has 2 aliphatic rings. The summed E-state index contributed by atoms with van der Waals surface area (Å²) in [5.74, 6) is 0.0687. The maximum absolute atomic E-state index is 11.6. The van der Waals surface area contributed by atoms with Crippen molar-refractivity contribution in [1.29, 1.82) is 0 Å². The quantitative estimate of drug-likeness (QED) is 0.696. The topological polar surface area (TPSA) is 54.4 Å². The molecule has 78 valence electrons. The minimum absolute atomic E-state index is 0.192. The lowest BCUT2D eigenvalue weighted by Gasteiger charge is -2.36. The number of ketones is 1. The van der Waals surface area contributed by atoms with Gasteiger partial charge in [-0.25, -0.2) is 0 Å². The number of carbonyl (C=O) groups excluding carboxylic acids is 1. The molecule has 0 radical (unpaired) electrons. The summed E-state index contributed by atoms with van der Waals surface area (Å²) in [5.41, 5.74) is 0. The van der Waals surface area contributed by atoms with Gasteiger partial charge in [-0.15, -0.1) is 0 Å². The molecular weight excluding hydrogens is 180 g/mol. The molecule has 0 spiro atoms.